The van der Waals surface area contributed by atoms with Gasteiger partial charge in [0.1, 0.15) is 6.54 Å². The van der Waals surface area contributed by atoms with Crippen LogP contribution in [0.2, 0.25) is 0 Å². The Morgan fingerprint density at radius 2 is 1.57 bits per heavy atom. The van der Waals surface area contributed by atoms with E-state index in [0.717, 1.165) is 33.4 Å². The van der Waals surface area contributed by atoms with E-state index in [4.69, 9.17) is 9.47 Å². The number of anilines is 2. The highest BCUT2D eigenvalue weighted by atomic mass is 32.2. The van der Waals surface area contributed by atoms with Gasteiger partial charge in [-0.05, 0) is 96.3 Å². The first-order valence-electron chi connectivity index (χ1n) is 13.4. The number of nitrogens with one attached hydrogen (secondary N) is 2. The van der Waals surface area contributed by atoms with E-state index in [9.17, 15) is 19.2 Å². The van der Waals surface area contributed by atoms with Crippen molar-refractivity contribution in [1.29, 1.82) is 0 Å². The lowest BCUT2D eigenvalue weighted by Gasteiger charge is -2.13. The Labute approximate surface area is 249 Å². The zero-order chi connectivity index (χ0) is 30.4. The first-order chi connectivity index (χ1) is 20.0. The second-order valence-corrected chi connectivity index (χ2v) is 11.1. The van der Waals surface area contributed by atoms with Gasteiger partial charge in [0.15, 0.2) is 18.1 Å². The first-order valence-corrected chi connectivity index (χ1v) is 14.2. The van der Waals surface area contributed by atoms with Crippen molar-refractivity contribution in [2.45, 2.75) is 33.6 Å². The maximum atomic E-state index is 13.0. The Hall–Kier alpha value is -4.57. The number of aryl methyl sites for hydroxylation is 2. The Bertz CT molecular complexity index is 1550. The lowest BCUT2D eigenvalue weighted by Crippen LogP contribution is -2.36. The van der Waals surface area contributed by atoms with Crippen LogP contribution in [0.15, 0.2) is 65.6 Å². The summed E-state index contributed by atoms with van der Waals surface area (Å²) in [5, 5.41) is 5.00. The van der Waals surface area contributed by atoms with E-state index >= 15 is 0 Å². The molecule has 1 aliphatic heterocycles. The molecule has 0 spiro atoms. The molecular weight excluding hydrogens is 554 g/mol. The van der Waals surface area contributed by atoms with Gasteiger partial charge < -0.3 is 20.1 Å². The smallest absolute Gasteiger partial charge is 0.294 e. The van der Waals surface area contributed by atoms with E-state index in [0.29, 0.717) is 34.4 Å². The zero-order valence-corrected chi connectivity index (χ0v) is 25.0. The summed E-state index contributed by atoms with van der Waals surface area (Å²) in [6.45, 7) is 7.50. The van der Waals surface area contributed by atoms with E-state index in [-0.39, 0.29) is 17.4 Å². The van der Waals surface area contributed by atoms with Gasteiger partial charge in [0.2, 0.25) is 5.91 Å². The molecule has 3 aromatic rings. The van der Waals surface area contributed by atoms with Gasteiger partial charge in [0, 0.05) is 11.4 Å². The monoisotopic (exact) mass is 587 g/mol. The summed E-state index contributed by atoms with van der Waals surface area (Å²) >= 11 is 0.758. The number of thioether (sulfide) groups is 1. The van der Waals surface area contributed by atoms with Crippen LogP contribution in [-0.4, -0.2) is 48.1 Å². The van der Waals surface area contributed by atoms with Crippen molar-refractivity contribution in [3.8, 4) is 11.5 Å². The van der Waals surface area contributed by atoms with Gasteiger partial charge in [-0.25, -0.2) is 0 Å². The van der Waals surface area contributed by atoms with E-state index in [2.05, 4.69) is 24.5 Å². The molecule has 1 aliphatic rings. The predicted octanol–water partition coefficient (Wildman–Crippen LogP) is 6.13. The van der Waals surface area contributed by atoms with Gasteiger partial charge in [-0.2, -0.15) is 0 Å². The number of imide groups is 1. The fraction of sp³-hybridized carbons (Fsp3) is 0.250. The molecule has 3 aromatic carbocycles. The van der Waals surface area contributed by atoms with Crippen molar-refractivity contribution in [2.75, 3.05) is 30.9 Å². The summed E-state index contributed by atoms with van der Waals surface area (Å²) in [6, 6.07) is 18.0. The fourth-order valence-electron chi connectivity index (χ4n) is 4.14. The van der Waals surface area contributed by atoms with Crippen molar-refractivity contribution in [2.24, 2.45) is 0 Å². The van der Waals surface area contributed by atoms with Crippen LogP contribution in [0, 0.1) is 13.8 Å². The number of ether oxygens (including phenoxy) is 2. The molecule has 1 fully saturated rings. The van der Waals surface area contributed by atoms with E-state index in [1.54, 1.807) is 36.4 Å². The van der Waals surface area contributed by atoms with E-state index in [1.165, 1.54) is 7.11 Å². The number of rotatable bonds is 10. The molecule has 218 valence electrons. The van der Waals surface area contributed by atoms with Gasteiger partial charge in [0.05, 0.1) is 12.0 Å². The van der Waals surface area contributed by atoms with Crippen molar-refractivity contribution in [3.05, 3.63) is 87.8 Å². The van der Waals surface area contributed by atoms with Crippen LogP contribution in [0.3, 0.4) is 0 Å². The summed E-state index contributed by atoms with van der Waals surface area (Å²) in [4.78, 5) is 51.6. The zero-order valence-electron chi connectivity index (χ0n) is 24.1. The summed E-state index contributed by atoms with van der Waals surface area (Å²) in [7, 11) is 1.46. The topological polar surface area (TPSA) is 114 Å². The van der Waals surface area contributed by atoms with Crippen molar-refractivity contribution >= 4 is 52.2 Å². The number of carbonyl (C=O) groups is 4. The van der Waals surface area contributed by atoms with E-state index in [1.807, 2.05) is 44.2 Å². The van der Waals surface area contributed by atoms with Crippen LogP contribution in [0.4, 0.5) is 16.2 Å². The molecule has 0 unspecified atom stereocenters. The Kier molecular flexibility index (Phi) is 9.69. The quantitative estimate of drug-likeness (QED) is 0.274. The molecule has 0 aliphatic carbocycles. The molecule has 10 heteroatoms. The SMILES string of the molecule is COc1cc(/C=C2/SC(=O)N(CC(=O)Nc3ccc(C(C)C)cc3)C2=O)ccc1OCC(=O)Nc1ccc(C)c(C)c1. The van der Waals surface area contributed by atoms with Crippen molar-refractivity contribution < 1.29 is 28.7 Å². The maximum absolute atomic E-state index is 13.0. The Morgan fingerprint density at radius 3 is 2.24 bits per heavy atom. The third-order valence-corrected chi connectivity index (χ3v) is 7.58. The maximum Gasteiger partial charge on any atom is 0.294 e. The lowest BCUT2D eigenvalue weighted by molar-refractivity contribution is -0.127. The molecule has 1 heterocycles. The first kappa shape index (κ1) is 30.4. The highest BCUT2D eigenvalue weighted by Gasteiger charge is 2.36. The molecule has 42 heavy (non-hydrogen) atoms. The minimum Gasteiger partial charge on any atom is -0.493 e. The standard InChI is InChI=1S/C32H33N3O6S/c1-19(2)23-8-11-24(12-9-23)33-29(36)17-35-31(38)28(42-32(35)39)16-22-7-13-26(27(15-22)40-5)41-18-30(37)34-25-10-6-20(3)21(4)14-25/h6-16,19H,17-18H2,1-5H3,(H,33,36)(H,34,37)/b28-16+. The van der Waals surface area contributed by atoms with Crippen LogP contribution < -0.4 is 20.1 Å². The minimum absolute atomic E-state index is 0.178. The molecular formula is C32H33N3O6S. The minimum atomic E-state index is -0.558. The fourth-order valence-corrected chi connectivity index (χ4v) is 4.97. The molecule has 0 bridgehead atoms. The second-order valence-electron chi connectivity index (χ2n) is 10.1. The number of carbonyl (C=O) groups excluding carboxylic acids is 4. The van der Waals surface area contributed by atoms with Gasteiger partial charge in [0.25, 0.3) is 17.1 Å². The molecule has 2 N–H and O–H groups in total. The molecule has 0 saturated carbocycles. The number of methoxy groups -OCH3 is 1. The molecule has 0 radical (unpaired) electrons. The Balaban J connectivity index is 1.36. The van der Waals surface area contributed by atoms with Crippen LogP contribution in [0.25, 0.3) is 6.08 Å². The molecule has 1 saturated heterocycles. The van der Waals surface area contributed by atoms with Gasteiger partial charge in [-0.1, -0.05) is 38.1 Å². The summed E-state index contributed by atoms with van der Waals surface area (Å²) in [6.07, 6.45) is 1.55. The number of hydrogen-bond acceptors (Lipinski definition) is 7. The third-order valence-electron chi connectivity index (χ3n) is 6.67. The van der Waals surface area contributed by atoms with Gasteiger partial charge in [-0.15, -0.1) is 0 Å². The largest absolute Gasteiger partial charge is 0.493 e. The van der Waals surface area contributed by atoms with Crippen molar-refractivity contribution in [3.63, 3.8) is 0 Å². The summed E-state index contributed by atoms with van der Waals surface area (Å²) in [5.74, 6) is -0.297. The van der Waals surface area contributed by atoms with Crippen molar-refractivity contribution in [1.82, 2.24) is 4.90 Å². The normalized spacial score (nSPS) is 14.0. The lowest BCUT2D eigenvalue weighted by atomic mass is 10.0. The summed E-state index contributed by atoms with van der Waals surface area (Å²) < 4.78 is 11.1. The van der Waals surface area contributed by atoms with Crippen LogP contribution in [-0.2, 0) is 14.4 Å². The summed E-state index contributed by atoms with van der Waals surface area (Å²) in [5.41, 5.74) is 5.19. The molecule has 0 atom stereocenters. The third kappa shape index (κ3) is 7.58. The van der Waals surface area contributed by atoms with Crippen LogP contribution in [0.1, 0.15) is 42.0 Å². The highest BCUT2D eigenvalue weighted by Crippen LogP contribution is 2.34. The molecule has 0 aromatic heterocycles. The van der Waals surface area contributed by atoms with Gasteiger partial charge >= 0.3 is 0 Å². The van der Waals surface area contributed by atoms with Crippen LogP contribution >= 0.6 is 11.8 Å². The van der Waals surface area contributed by atoms with E-state index < -0.39 is 23.6 Å². The predicted molar refractivity (Wildman–Crippen MR) is 165 cm³/mol. The molecule has 4 rings (SSSR count). The highest BCUT2D eigenvalue weighted by molar-refractivity contribution is 8.18. The number of hydrogen-bond donors (Lipinski definition) is 2. The number of benzene rings is 3. The Morgan fingerprint density at radius 1 is 0.881 bits per heavy atom. The molecule has 9 nitrogen and oxygen atoms in total. The number of amides is 4. The average Bonchev–Trinajstić information content (AvgIpc) is 3.21. The number of nitrogens with zero attached hydrogens (tertiary/aromatic N) is 1. The second kappa shape index (κ2) is 13.4. The average molecular weight is 588 g/mol. The van der Waals surface area contributed by atoms with Gasteiger partial charge in [-0.3, -0.25) is 24.1 Å². The molecule has 4 amide bonds. The van der Waals surface area contributed by atoms with Crippen LogP contribution in [0.5, 0.6) is 11.5 Å².